The van der Waals surface area contributed by atoms with Gasteiger partial charge in [0, 0.05) is 22.5 Å². The van der Waals surface area contributed by atoms with Crippen LogP contribution in [0, 0.1) is 12.3 Å². The number of aryl methyl sites for hydroxylation is 1. The molecule has 6 nitrogen and oxygen atoms in total. The molecule has 5 aliphatic rings. The maximum absolute atomic E-state index is 14.1. The number of thiophene rings is 1. The molecule has 5 unspecified atom stereocenters. The third-order valence-electron chi connectivity index (χ3n) is 10.3. The molecule has 2 aromatic rings. The Hall–Kier alpha value is -2.48. The number of nitrogens with zero attached hydrogens (tertiary/aromatic N) is 1. The van der Waals surface area contributed by atoms with Crippen molar-refractivity contribution < 1.29 is 24.2 Å². The van der Waals surface area contributed by atoms with Crippen LogP contribution in [0.25, 0.3) is 0 Å². The zero-order chi connectivity index (χ0) is 28.8. The number of amides is 1. The van der Waals surface area contributed by atoms with Gasteiger partial charge in [-0.2, -0.15) is 0 Å². The van der Waals surface area contributed by atoms with E-state index in [0.29, 0.717) is 25.9 Å². The van der Waals surface area contributed by atoms with Gasteiger partial charge < -0.3 is 19.5 Å². The van der Waals surface area contributed by atoms with Crippen LogP contribution in [0.15, 0.2) is 42.0 Å². The van der Waals surface area contributed by atoms with Crippen LogP contribution < -0.4 is 0 Å². The maximum atomic E-state index is 14.1. The Morgan fingerprint density at radius 3 is 2.76 bits per heavy atom. The van der Waals surface area contributed by atoms with Gasteiger partial charge in [0.15, 0.2) is 0 Å². The van der Waals surface area contributed by atoms with Crippen LogP contribution in [0.2, 0.25) is 0 Å². The molecule has 1 aromatic heterocycles. The number of ketones is 1. The molecule has 7 heteroatoms. The number of benzene rings is 1. The first-order chi connectivity index (χ1) is 19.7. The van der Waals surface area contributed by atoms with Crippen LogP contribution >= 0.6 is 11.3 Å². The van der Waals surface area contributed by atoms with Crippen molar-refractivity contribution in [3.05, 3.63) is 68.4 Å². The molecule has 2 aliphatic heterocycles. The van der Waals surface area contributed by atoms with E-state index >= 15 is 0 Å². The SMILES string of the molecule is CC1=CCCC2(C)C(CCC23CN(CC2CCCO2)C(=O)O3)c2ccc(cc2C(=O)c2ccc(C)s2)CC(O)CC1. The second kappa shape index (κ2) is 11.3. The Balaban J connectivity index is 1.41. The molecular weight excluding hydrogens is 534 g/mol. The second-order valence-corrected chi connectivity index (χ2v) is 14.3. The van der Waals surface area contributed by atoms with E-state index in [9.17, 15) is 14.7 Å². The molecule has 1 saturated carbocycles. The van der Waals surface area contributed by atoms with Crippen LogP contribution in [-0.2, 0) is 15.9 Å². The number of carbonyl (C=O) groups is 2. The van der Waals surface area contributed by atoms with Gasteiger partial charge in [-0.15, -0.1) is 11.3 Å². The van der Waals surface area contributed by atoms with E-state index in [4.69, 9.17) is 9.47 Å². The molecule has 41 heavy (non-hydrogen) atoms. The summed E-state index contributed by atoms with van der Waals surface area (Å²) in [6, 6.07) is 10.2. The molecule has 220 valence electrons. The molecule has 3 heterocycles. The summed E-state index contributed by atoms with van der Waals surface area (Å²) in [6.07, 6.45) is 9.13. The minimum absolute atomic E-state index is 0.0454. The van der Waals surface area contributed by atoms with Crippen molar-refractivity contribution in [2.45, 2.75) is 102 Å². The van der Waals surface area contributed by atoms with E-state index in [0.717, 1.165) is 78.0 Å². The third kappa shape index (κ3) is 5.41. The predicted octanol–water partition coefficient (Wildman–Crippen LogP) is 6.96. The van der Waals surface area contributed by atoms with Crippen LogP contribution in [0.5, 0.6) is 0 Å². The van der Waals surface area contributed by atoms with Crippen molar-refractivity contribution in [2.75, 3.05) is 19.7 Å². The zero-order valence-electron chi connectivity index (χ0n) is 24.6. The monoisotopic (exact) mass is 577 g/mol. The van der Waals surface area contributed by atoms with Gasteiger partial charge in [-0.05, 0) is 107 Å². The largest absolute Gasteiger partial charge is 0.440 e. The summed E-state index contributed by atoms with van der Waals surface area (Å²) in [6.45, 7) is 8.38. The standard InChI is InChI=1S/C34H43NO5S/c1-22-6-4-15-33(3)29(14-16-34(33)21-35(32(38)40-34)20-26-7-5-17-39-26)27-12-10-24(18-25(36)11-8-22)19-28(27)31(37)30-13-9-23(2)41-30/h6,9-10,12-13,19,25-26,29,36H,4-5,7-8,11,14-18,20-21H2,1-3H3. The van der Waals surface area contributed by atoms with Gasteiger partial charge in [-0.25, -0.2) is 4.79 Å². The highest BCUT2D eigenvalue weighted by atomic mass is 32.1. The van der Waals surface area contributed by atoms with Gasteiger partial charge in [0.25, 0.3) is 0 Å². The smallest absolute Gasteiger partial charge is 0.410 e. The molecule has 7 rings (SSSR count). The van der Waals surface area contributed by atoms with E-state index in [2.05, 4.69) is 32.1 Å². The summed E-state index contributed by atoms with van der Waals surface area (Å²) < 4.78 is 12.3. The van der Waals surface area contributed by atoms with Crippen molar-refractivity contribution in [3.8, 4) is 0 Å². The number of ether oxygens (including phenoxy) is 2. The van der Waals surface area contributed by atoms with Crippen molar-refractivity contribution in [3.63, 3.8) is 0 Å². The summed E-state index contributed by atoms with van der Waals surface area (Å²) in [5.41, 5.74) is 3.09. The normalized spacial score (nSPS) is 32.2. The first kappa shape index (κ1) is 28.6. The minimum Gasteiger partial charge on any atom is -0.440 e. The second-order valence-electron chi connectivity index (χ2n) is 13.0. The number of allylic oxidation sites excluding steroid dienone is 2. The number of hydrogen-bond donors (Lipinski definition) is 1. The number of carbonyl (C=O) groups excluding carboxylic acids is 2. The van der Waals surface area contributed by atoms with E-state index in [-0.39, 0.29) is 29.3 Å². The van der Waals surface area contributed by atoms with Crippen molar-refractivity contribution in [1.29, 1.82) is 0 Å². The van der Waals surface area contributed by atoms with E-state index in [1.165, 1.54) is 16.9 Å². The van der Waals surface area contributed by atoms with Crippen molar-refractivity contribution in [1.82, 2.24) is 4.90 Å². The molecule has 3 aliphatic carbocycles. The quantitative estimate of drug-likeness (QED) is 0.314. The summed E-state index contributed by atoms with van der Waals surface area (Å²) in [5, 5.41) is 10.8. The molecule has 5 atom stereocenters. The summed E-state index contributed by atoms with van der Waals surface area (Å²) in [7, 11) is 0. The highest BCUT2D eigenvalue weighted by Crippen LogP contribution is 2.61. The number of hydrogen-bond acceptors (Lipinski definition) is 6. The number of aliphatic hydroxyl groups excluding tert-OH is 1. The molecule has 1 amide bonds. The Labute approximate surface area is 247 Å². The van der Waals surface area contributed by atoms with Crippen molar-refractivity contribution in [2.24, 2.45) is 5.41 Å². The van der Waals surface area contributed by atoms with Gasteiger partial charge in [-0.1, -0.05) is 30.7 Å². The molecule has 2 bridgehead atoms. The summed E-state index contributed by atoms with van der Waals surface area (Å²) >= 11 is 1.53. The molecule has 2 saturated heterocycles. The highest BCUT2D eigenvalue weighted by Gasteiger charge is 2.64. The molecule has 0 radical (unpaired) electrons. The molecule has 1 spiro atoms. The van der Waals surface area contributed by atoms with Gasteiger partial charge >= 0.3 is 6.09 Å². The van der Waals surface area contributed by atoms with Crippen LogP contribution in [-0.4, -0.2) is 59.4 Å². The fourth-order valence-electron chi connectivity index (χ4n) is 7.85. The lowest BCUT2D eigenvalue weighted by Crippen LogP contribution is -2.48. The average Bonchev–Trinajstić information content (AvgIpc) is 3.73. The van der Waals surface area contributed by atoms with Gasteiger partial charge in [0.05, 0.1) is 30.2 Å². The highest BCUT2D eigenvalue weighted by molar-refractivity contribution is 7.14. The predicted molar refractivity (Wildman–Crippen MR) is 161 cm³/mol. The Morgan fingerprint density at radius 2 is 2.00 bits per heavy atom. The Morgan fingerprint density at radius 1 is 1.15 bits per heavy atom. The molecule has 1 aromatic carbocycles. The number of aliphatic hydroxyl groups is 1. The fourth-order valence-corrected chi connectivity index (χ4v) is 8.67. The Kier molecular flexibility index (Phi) is 7.90. The van der Waals surface area contributed by atoms with E-state index in [1.807, 2.05) is 30.0 Å². The zero-order valence-corrected chi connectivity index (χ0v) is 25.4. The van der Waals surface area contributed by atoms with E-state index in [1.54, 1.807) is 0 Å². The topological polar surface area (TPSA) is 76.1 Å². The average molecular weight is 578 g/mol. The lowest BCUT2D eigenvalue weighted by Gasteiger charge is -2.43. The van der Waals surface area contributed by atoms with Crippen LogP contribution in [0.3, 0.4) is 0 Å². The number of rotatable bonds is 4. The lowest BCUT2D eigenvalue weighted by molar-refractivity contribution is -0.0374. The summed E-state index contributed by atoms with van der Waals surface area (Å²) in [4.78, 5) is 31.1. The van der Waals surface area contributed by atoms with Crippen molar-refractivity contribution >= 4 is 23.2 Å². The van der Waals surface area contributed by atoms with E-state index < -0.39 is 11.7 Å². The molecular formula is C34H43NO5S. The first-order valence-corrected chi connectivity index (χ1v) is 16.2. The maximum Gasteiger partial charge on any atom is 0.410 e. The molecule has 1 N–H and O–H groups in total. The Bertz CT molecular complexity index is 1340. The lowest BCUT2D eigenvalue weighted by atomic mass is 9.65. The summed E-state index contributed by atoms with van der Waals surface area (Å²) in [5.74, 6) is 0.109. The van der Waals surface area contributed by atoms with Crippen LogP contribution in [0.4, 0.5) is 4.79 Å². The van der Waals surface area contributed by atoms with Gasteiger partial charge in [0.2, 0.25) is 5.78 Å². The first-order valence-electron chi connectivity index (χ1n) is 15.3. The van der Waals surface area contributed by atoms with Gasteiger partial charge in [-0.3, -0.25) is 4.79 Å². The van der Waals surface area contributed by atoms with Crippen LogP contribution in [0.1, 0.15) is 102 Å². The third-order valence-corrected chi connectivity index (χ3v) is 11.3. The van der Waals surface area contributed by atoms with Gasteiger partial charge in [0.1, 0.15) is 5.60 Å². The minimum atomic E-state index is -0.610. The number of fused-ring (bicyclic) bond motifs is 8. The fraction of sp³-hybridized carbons (Fsp3) is 0.588. The molecule has 3 fully saturated rings.